The highest BCUT2D eigenvalue weighted by Crippen LogP contribution is 2.13. The molecule has 11 heavy (non-hydrogen) atoms. The lowest BCUT2D eigenvalue weighted by Gasteiger charge is -1.88. The predicted molar refractivity (Wildman–Crippen MR) is 47.0 cm³/mol. The lowest BCUT2D eigenvalue weighted by Crippen LogP contribution is -1.74. The molecule has 0 aromatic rings. The van der Waals surface area contributed by atoms with Crippen molar-refractivity contribution in [3.8, 4) is 6.07 Å². The van der Waals surface area contributed by atoms with Gasteiger partial charge in [-0.15, -0.1) is 0 Å². The van der Waals surface area contributed by atoms with Crippen molar-refractivity contribution >= 4 is 22.2 Å². The Morgan fingerprint density at radius 3 is 2.64 bits per heavy atom. The maximum Gasteiger partial charge on any atom is 0.142 e. The molecule has 0 atom stereocenters. The van der Waals surface area contributed by atoms with E-state index < -0.39 is 0 Å². The number of halogens is 1. The molecule has 0 rings (SSSR count). The van der Waals surface area contributed by atoms with Crippen molar-refractivity contribution in [2.45, 2.75) is 0 Å². The average Bonchev–Trinajstić information content (AvgIpc) is 2.03. The molecule has 0 spiro atoms. The molecule has 0 bridgehead atoms. The molecule has 2 nitrogen and oxygen atoms in total. The maximum absolute atomic E-state index is 9.87. The Labute approximate surface area is 73.6 Å². The molecule has 0 aliphatic rings. The smallest absolute Gasteiger partial charge is 0.142 e. The first-order valence-corrected chi connectivity index (χ1v) is 3.59. The summed E-state index contributed by atoms with van der Waals surface area (Å²) in [5.74, 6) is 0. The Hall–Kier alpha value is -1.14. The second kappa shape index (κ2) is 5.63. The van der Waals surface area contributed by atoms with E-state index in [0.29, 0.717) is 16.3 Å². The number of nitrogens with zero attached hydrogens (tertiary/aromatic N) is 1. The first-order valence-electron chi connectivity index (χ1n) is 2.80. The van der Waals surface area contributed by atoms with Crippen molar-refractivity contribution in [1.82, 2.24) is 0 Å². The van der Waals surface area contributed by atoms with Crippen LogP contribution >= 0.6 is 15.9 Å². The van der Waals surface area contributed by atoms with Gasteiger partial charge in [0.1, 0.15) is 12.4 Å². The quantitative estimate of drug-likeness (QED) is 0.311. The summed E-state index contributed by atoms with van der Waals surface area (Å²) in [6, 6.07) is 1.91. The summed E-state index contributed by atoms with van der Waals surface area (Å²) in [6.07, 6.45) is 4.84. The van der Waals surface area contributed by atoms with Crippen LogP contribution in [-0.2, 0) is 4.79 Å². The number of hydrogen-bond acceptors (Lipinski definition) is 2. The number of nitriles is 1. The van der Waals surface area contributed by atoms with E-state index in [1.54, 1.807) is 0 Å². The Balaban J connectivity index is 4.64. The van der Waals surface area contributed by atoms with Gasteiger partial charge in [0, 0.05) is 4.48 Å². The van der Waals surface area contributed by atoms with Gasteiger partial charge >= 0.3 is 0 Å². The van der Waals surface area contributed by atoms with Gasteiger partial charge in [0.25, 0.3) is 0 Å². The molecule has 56 valence electrons. The van der Waals surface area contributed by atoms with Crippen molar-refractivity contribution in [3.05, 3.63) is 34.9 Å². The van der Waals surface area contributed by atoms with E-state index in [-0.39, 0.29) is 0 Å². The molecule has 0 saturated heterocycles. The Bertz CT molecular complexity index is 258. The monoisotopic (exact) mass is 211 g/mol. The standard InChI is InChI=1S/C8H6BrNO/c1-2-7(6-10)8(9)4-3-5-11/h2-5H,1H2/b4-3+,8-7-. The first kappa shape index (κ1) is 9.86. The molecule has 3 heteroatoms. The second-order valence-electron chi connectivity index (χ2n) is 1.57. The third kappa shape index (κ3) is 3.54. The molecule has 0 heterocycles. The molecule has 0 saturated carbocycles. The van der Waals surface area contributed by atoms with Gasteiger partial charge in [0.05, 0.1) is 5.57 Å². The van der Waals surface area contributed by atoms with Gasteiger partial charge in [0.2, 0.25) is 0 Å². The minimum absolute atomic E-state index is 0.406. The zero-order chi connectivity index (χ0) is 8.69. The summed E-state index contributed by atoms with van der Waals surface area (Å²) < 4.78 is 0.558. The largest absolute Gasteiger partial charge is 0.299 e. The van der Waals surface area contributed by atoms with E-state index in [4.69, 9.17) is 5.26 Å². The highest BCUT2D eigenvalue weighted by atomic mass is 79.9. The summed E-state index contributed by atoms with van der Waals surface area (Å²) in [5, 5.41) is 8.46. The van der Waals surface area contributed by atoms with Crippen LogP contribution in [0.3, 0.4) is 0 Å². The molecule has 0 aliphatic carbocycles. The zero-order valence-electron chi connectivity index (χ0n) is 5.75. The van der Waals surface area contributed by atoms with Crippen LogP contribution in [-0.4, -0.2) is 6.29 Å². The van der Waals surface area contributed by atoms with Crippen molar-refractivity contribution in [3.63, 3.8) is 0 Å². The number of carbonyl (C=O) groups is 1. The van der Waals surface area contributed by atoms with E-state index in [0.717, 1.165) is 0 Å². The van der Waals surface area contributed by atoms with Crippen molar-refractivity contribution < 1.29 is 4.79 Å². The van der Waals surface area contributed by atoms with Gasteiger partial charge in [-0.3, -0.25) is 4.79 Å². The van der Waals surface area contributed by atoms with E-state index in [9.17, 15) is 4.79 Å². The van der Waals surface area contributed by atoms with Crippen LogP contribution in [0.15, 0.2) is 34.9 Å². The van der Waals surface area contributed by atoms with Crippen molar-refractivity contribution in [2.75, 3.05) is 0 Å². The van der Waals surface area contributed by atoms with Crippen LogP contribution in [0.2, 0.25) is 0 Å². The maximum atomic E-state index is 9.87. The molecule has 0 aromatic heterocycles. The zero-order valence-corrected chi connectivity index (χ0v) is 7.34. The Kier molecular flexibility index (Phi) is 5.05. The number of carbonyl (C=O) groups excluding carboxylic acids is 1. The molecule has 0 aliphatic heterocycles. The SMILES string of the molecule is C=C/C(C#N)=C(Br)\C=C\C=O. The third-order valence-electron chi connectivity index (χ3n) is 0.903. The normalized spacial score (nSPS) is 12.0. The van der Waals surface area contributed by atoms with Crippen molar-refractivity contribution in [1.29, 1.82) is 5.26 Å². The summed E-state index contributed by atoms with van der Waals surface area (Å²) in [6.45, 7) is 3.43. The van der Waals surface area contributed by atoms with Gasteiger partial charge in [-0.05, 0) is 28.1 Å². The van der Waals surface area contributed by atoms with Crippen LogP contribution in [0.4, 0.5) is 0 Å². The molecule has 0 amide bonds. The number of hydrogen-bond donors (Lipinski definition) is 0. The predicted octanol–water partition coefficient (Wildman–Crippen LogP) is 2.10. The van der Waals surface area contributed by atoms with Crippen LogP contribution in [0.25, 0.3) is 0 Å². The van der Waals surface area contributed by atoms with Gasteiger partial charge < -0.3 is 0 Å². The third-order valence-corrected chi connectivity index (χ3v) is 1.59. The summed E-state index contributed by atoms with van der Waals surface area (Å²) in [7, 11) is 0. The van der Waals surface area contributed by atoms with Crippen molar-refractivity contribution in [2.24, 2.45) is 0 Å². The van der Waals surface area contributed by atoms with Crippen LogP contribution in [0.5, 0.6) is 0 Å². The van der Waals surface area contributed by atoms with Gasteiger partial charge in [-0.2, -0.15) is 5.26 Å². The van der Waals surface area contributed by atoms with E-state index >= 15 is 0 Å². The van der Waals surface area contributed by atoms with E-state index in [1.165, 1.54) is 18.2 Å². The fourth-order valence-electron chi connectivity index (χ4n) is 0.410. The fourth-order valence-corrected chi connectivity index (χ4v) is 0.813. The lowest BCUT2D eigenvalue weighted by molar-refractivity contribution is -0.104. The number of rotatable bonds is 3. The van der Waals surface area contributed by atoms with Gasteiger partial charge in [-0.25, -0.2) is 0 Å². The van der Waals surface area contributed by atoms with Crippen LogP contribution in [0.1, 0.15) is 0 Å². The minimum atomic E-state index is 0.406. The summed E-state index contributed by atoms with van der Waals surface area (Å²) >= 11 is 3.11. The molecular formula is C8H6BrNO. The molecule has 0 aromatic carbocycles. The molecule has 0 fully saturated rings. The van der Waals surface area contributed by atoms with Crippen LogP contribution < -0.4 is 0 Å². The van der Waals surface area contributed by atoms with Crippen LogP contribution in [0, 0.1) is 11.3 Å². The first-order chi connectivity index (χ1) is 5.26. The summed E-state index contributed by atoms with van der Waals surface area (Å²) in [5.41, 5.74) is 0.406. The van der Waals surface area contributed by atoms with Gasteiger partial charge in [0.15, 0.2) is 0 Å². The molecular weight excluding hydrogens is 206 g/mol. The molecule has 0 radical (unpaired) electrons. The molecule has 0 N–H and O–H groups in total. The van der Waals surface area contributed by atoms with E-state index in [2.05, 4.69) is 22.5 Å². The summed E-state index contributed by atoms with van der Waals surface area (Å²) in [4.78, 5) is 9.87. The topological polar surface area (TPSA) is 40.9 Å². The molecule has 0 unspecified atom stereocenters. The highest BCUT2D eigenvalue weighted by Gasteiger charge is 1.92. The van der Waals surface area contributed by atoms with E-state index in [1.807, 2.05) is 6.07 Å². The van der Waals surface area contributed by atoms with Gasteiger partial charge in [-0.1, -0.05) is 12.7 Å². The lowest BCUT2D eigenvalue weighted by atomic mass is 10.2. The minimum Gasteiger partial charge on any atom is -0.299 e. The number of aldehydes is 1. The highest BCUT2D eigenvalue weighted by molar-refractivity contribution is 9.11. The fraction of sp³-hybridized carbons (Fsp3) is 0. The Morgan fingerprint density at radius 1 is 1.64 bits per heavy atom. The second-order valence-corrected chi connectivity index (χ2v) is 2.43. The number of allylic oxidation sites excluding steroid dienone is 5. The average molecular weight is 212 g/mol. The Morgan fingerprint density at radius 2 is 2.27 bits per heavy atom.